The maximum absolute atomic E-state index is 14.2. The van der Waals surface area contributed by atoms with E-state index in [0.29, 0.717) is 16.7 Å². The SMILES string of the molecule is CC(C(=O)NCc1ccc(C(C)(C)C)cc1C#N)c1ccc(NS(C)(=O)=O)c(F)c1. The van der Waals surface area contributed by atoms with Gasteiger partial charge in [-0.15, -0.1) is 0 Å². The maximum atomic E-state index is 14.2. The third kappa shape index (κ3) is 6.04. The Balaban J connectivity index is 2.12. The summed E-state index contributed by atoms with van der Waals surface area (Å²) in [7, 11) is -3.60. The van der Waals surface area contributed by atoms with Crippen molar-refractivity contribution in [3.8, 4) is 6.07 Å². The molecule has 2 rings (SSSR count). The highest BCUT2D eigenvalue weighted by Gasteiger charge is 2.19. The van der Waals surface area contributed by atoms with Crippen LogP contribution in [0.1, 0.15) is 55.9 Å². The number of benzene rings is 2. The van der Waals surface area contributed by atoms with Crippen LogP contribution in [-0.4, -0.2) is 20.6 Å². The average Bonchev–Trinajstić information content (AvgIpc) is 2.65. The molecular formula is C22H26FN3O3S. The quantitative estimate of drug-likeness (QED) is 0.727. The van der Waals surface area contributed by atoms with Gasteiger partial charge in [0.15, 0.2) is 0 Å². The lowest BCUT2D eigenvalue weighted by Gasteiger charge is -2.20. The molecule has 0 radical (unpaired) electrons. The lowest BCUT2D eigenvalue weighted by Crippen LogP contribution is -2.28. The molecule has 2 aromatic carbocycles. The number of nitrogens with one attached hydrogen (secondary N) is 2. The van der Waals surface area contributed by atoms with Crippen LogP contribution < -0.4 is 10.0 Å². The number of rotatable bonds is 6. The third-order valence-corrected chi connectivity index (χ3v) is 5.32. The van der Waals surface area contributed by atoms with Crippen LogP contribution in [0.15, 0.2) is 36.4 Å². The van der Waals surface area contributed by atoms with Crippen molar-refractivity contribution in [3.63, 3.8) is 0 Å². The molecule has 0 heterocycles. The van der Waals surface area contributed by atoms with Gasteiger partial charge in [0.25, 0.3) is 0 Å². The molecule has 8 heteroatoms. The number of nitriles is 1. The monoisotopic (exact) mass is 431 g/mol. The average molecular weight is 432 g/mol. The van der Waals surface area contributed by atoms with Gasteiger partial charge in [-0.2, -0.15) is 5.26 Å². The molecule has 0 aliphatic carbocycles. The van der Waals surface area contributed by atoms with E-state index in [4.69, 9.17) is 0 Å². The number of hydrogen-bond donors (Lipinski definition) is 2. The summed E-state index contributed by atoms with van der Waals surface area (Å²) < 4.78 is 38.8. The highest BCUT2D eigenvalue weighted by atomic mass is 32.2. The van der Waals surface area contributed by atoms with Crippen LogP contribution >= 0.6 is 0 Å². The van der Waals surface area contributed by atoms with Crippen LogP contribution in [0.4, 0.5) is 10.1 Å². The molecule has 1 atom stereocenters. The summed E-state index contributed by atoms with van der Waals surface area (Å²) >= 11 is 0. The van der Waals surface area contributed by atoms with Gasteiger partial charge < -0.3 is 5.32 Å². The summed E-state index contributed by atoms with van der Waals surface area (Å²) in [4.78, 5) is 12.5. The standard InChI is InChI=1S/C22H26FN3O3S/c1-14(15-7-9-20(19(23)11-15)26-30(5,28)29)21(27)25-13-16-6-8-18(22(2,3)4)10-17(16)12-24/h6-11,14,26H,13H2,1-5H3,(H,25,27). The summed E-state index contributed by atoms with van der Waals surface area (Å²) in [5, 5.41) is 12.2. The van der Waals surface area contributed by atoms with E-state index in [1.807, 2.05) is 18.2 Å². The van der Waals surface area contributed by atoms with Crippen LogP contribution in [0.5, 0.6) is 0 Å². The smallest absolute Gasteiger partial charge is 0.229 e. The molecule has 0 spiro atoms. The normalized spacial score (nSPS) is 12.7. The second-order valence-corrected chi connectivity index (χ2v) is 10.0. The Hall–Kier alpha value is -2.92. The van der Waals surface area contributed by atoms with E-state index >= 15 is 0 Å². The molecule has 0 saturated heterocycles. The van der Waals surface area contributed by atoms with Crippen LogP contribution in [0.2, 0.25) is 0 Å². The Morgan fingerprint density at radius 1 is 1.20 bits per heavy atom. The highest BCUT2D eigenvalue weighted by Crippen LogP contribution is 2.25. The van der Waals surface area contributed by atoms with Crippen molar-refractivity contribution >= 4 is 21.6 Å². The number of anilines is 1. The van der Waals surface area contributed by atoms with Crippen molar-refractivity contribution in [2.75, 3.05) is 11.0 Å². The third-order valence-electron chi connectivity index (χ3n) is 4.73. The number of halogens is 1. The highest BCUT2D eigenvalue weighted by molar-refractivity contribution is 7.92. The van der Waals surface area contributed by atoms with E-state index in [2.05, 4.69) is 36.9 Å². The fraction of sp³-hybridized carbons (Fsp3) is 0.364. The lowest BCUT2D eigenvalue weighted by molar-refractivity contribution is -0.122. The molecule has 6 nitrogen and oxygen atoms in total. The number of carbonyl (C=O) groups is 1. The van der Waals surface area contributed by atoms with Gasteiger partial charge >= 0.3 is 0 Å². The molecule has 0 saturated carbocycles. The van der Waals surface area contributed by atoms with E-state index in [1.165, 1.54) is 12.1 Å². The number of amides is 1. The zero-order valence-electron chi connectivity index (χ0n) is 17.7. The van der Waals surface area contributed by atoms with Crippen LogP contribution in [-0.2, 0) is 26.8 Å². The minimum Gasteiger partial charge on any atom is -0.351 e. The van der Waals surface area contributed by atoms with Crippen LogP contribution in [0.3, 0.4) is 0 Å². The molecule has 2 aromatic rings. The Bertz CT molecular complexity index is 1100. The van der Waals surface area contributed by atoms with Crippen molar-refractivity contribution in [1.82, 2.24) is 5.32 Å². The number of carbonyl (C=O) groups excluding carboxylic acids is 1. The van der Waals surface area contributed by atoms with Crippen LogP contribution in [0, 0.1) is 17.1 Å². The van der Waals surface area contributed by atoms with E-state index in [-0.39, 0.29) is 23.6 Å². The molecule has 1 unspecified atom stereocenters. The van der Waals surface area contributed by atoms with Gasteiger partial charge in [0.05, 0.1) is 29.5 Å². The molecule has 160 valence electrons. The van der Waals surface area contributed by atoms with E-state index in [0.717, 1.165) is 17.9 Å². The second kappa shape index (κ2) is 8.84. The van der Waals surface area contributed by atoms with Gasteiger partial charge in [-0.1, -0.05) is 39.0 Å². The number of hydrogen-bond acceptors (Lipinski definition) is 4. The summed E-state index contributed by atoms with van der Waals surface area (Å²) in [5.74, 6) is -1.75. The van der Waals surface area contributed by atoms with Gasteiger partial charge in [-0.3, -0.25) is 9.52 Å². The Morgan fingerprint density at radius 3 is 2.40 bits per heavy atom. The van der Waals surface area contributed by atoms with Gasteiger partial charge in [0.2, 0.25) is 15.9 Å². The van der Waals surface area contributed by atoms with E-state index in [1.54, 1.807) is 6.92 Å². The van der Waals surface area contributed by atoms with Crippen LogP contribution in [0.25, 0.3) is 0 Å². The van der Waals surface area contributed by atoms with Crippen molar-refractivity contribution in [3.05, 3.63) is 64.5 Å². The van der Waals surface area contributed by atoms with Gasteiger partial charge in [0.1, 0.15) is 5.82 Å². The maximum Gasteiger partial charge on any atom is 0.229 e. The van der Waals surface area contributed by atoms with Crippen molar-refractivity contribution in [1.29, 1.82) is 5.26 Å². The van der Waals surface area contributed by atoms with Crippen molar-refractivity contribution < 1.29 is 17.6 Å². The predicted molar refractivity (Wildman–Crippen MR) is 115 cm³/mol. The second-order valence-electron chi connectivity index (χ2n) is 8.29. The zero-order chi connectivity index (χ0) is 22.7. The summed E-state index contributed by atoms with van der Waals surface area (Å²) in [6, 6.07) is 11.7. The molecule has 0 bridgehead atoms. The van der Waals surface area contributed by atoms with Gasteiger partial charge in [0, 0.05) is 6.54 Å². The minimum absolute atomic E-state index is 0.0932. The number of sulfonamides is 1. The minimum atomic E-state index is -3.60. The zero-order valence-corrected chi connectivity index (χ0v) is 18.5. The summed E-state index contributed by atoms with van der Waals surface area (Å²) in [6.07, 6.45) is 0.931. The first-order valence-corrected chi connectivity index (χ1v) is 11.3. The van der Waals surface area contributed by atoms with E-state index in [9.17, 15) is 22.9 Å². The molecule has 2 N–H and O–H groups in total. The first kappa shape index (κ1) is 23.4. The fourth-order valence-electron chi connectivity index (χ4n) is 2.87. The van der Waals surface area contributed by atoms with Crippen molar-refractivity contribution in [2.45, 2.75) is 45.6 Å². The first-order chi connectivity index (χ1) is 13.8. The fourth-order valence-corrected chi connectivity index (χ4v) is 3.44. The summed E-state index contributed by atoms with van der Waals surface area (Å²) in [6.45, 7) is 7.97. The Labute approximate surface area is 177 Å². The first-order valence-electron chi connectivity index (χ1n) is 9.40. The topological polar surface area (TPSA) is 99.1 Å². The molecule has 0 aliphatic rings. The molecule has 0 fully saturated rings. The lowest BCUT2D eigenvalue weighted by atomic mass is 9.85. The molecule has 1 amide bonds. The number of nitrogens with zero attached hydrogens (tertiary/aromatic N) is 1. The molecule has 0 aromatic heterocycles. The predicted octanol–water partition coefficient (Wildman–Crippen LogP) is 3.79. The van der Waals surface area contributed by atoms with Gasteiger partial charge in [-0.05, 0) is 47.2 Å². The Kier molecular flexibility index (Phi) is 6.88. The molecular weight excluding hydrogens is 405 g/mol. The molecule has 30 heavy (non-hydrogen) atoms. The van der Waals surface area contributed by atoms with E-state index < -0.39 is 21.8 Å². The molecule has 0 aliphatic heterocycles. The summed E-state index contributed by atoms with van der Waals surface area (Å²) in [5.41, 5.74) is 2.37. The largest absolute Gasteiger partial charge is 0.351 e. The van der Waals surface area contributed by atoms with Crippen molar-refractivity contribution in [2.24, 2.45) is 0 Å². The Morgan fingerprint density at radius 2 is 1.87 bits per heavy atom. The van der Waals surface area contributed by atoms with Gasteiger partial charge in [-0.25, -0.2) is 12.8 Å².